The van der Waals surface area contributed by atoms with Crippen molar-refractivity contribution in [3.8, 4) is 11.3 Å². The lowest BCUT2D eigenvalue weighted by Crippen LogP contribution is -2.40. The van der Waals surface area contributed by atoms with Crippen LogP contribution >= 0.6 is 11.6 Å². The number of nitrogens with zero attached hydrogens (tertiary/aromatic N) is 3. The molecule has 2 heterocycles. The molecular formula is C18H20ClN3O. The van der Waals surface area contributed by atoms with Gasteiger partial charge in [0.15, 0.2) is 0 Å². The summed E-state index contributed by atoms with van der Waals surface area (Å²) in [5.41, 5.74) is 2.56. The Balaban J connectivity index is 1.69. The maximum atomic E-state index is 13.1. The number of hydrogen-bond acceptors (Lipinski definition) is 2. The van der Waals surface area contributed by atoms with E-state index >= 15 is 0 Å². The van der Waals surface area contributed by atoms with E-state index in [4.69, 9.17) is 11.6 Å². The Bertz CT molecular complexity index is 763. The molecule has 1 aromatic heterocycles. The summed E-state index contributed by atoms with van der Waals surface area (Å²) in [6.45, 7) is 1.74. The lowest BCUT2D eigenvalue weighted by molar-refractivity contribution is 0.0655. The van der Waals surface area contributed by atoms with Gasteiger partial charge in [-0.1, -0.05) is 29.8 Å². The second-order valence-electron chi connectivity index (χ2n) is 6.88. The quantitative estimate of drug-likeness (QED) is 0.841. The van der Waals surface area contributed by atoms with Crippen molar-refractivity contribution in [1.82, 2.24) is 14.7 Å². The van der Waals surface area contributed by atoms with Gasteiger partial charge in [0.1, 0.15) is 5.69 Å². The zero-order valence-corrected chi connectivity index (χ0v) is 14.0. The highest BCUT2D eigenvalue weighted by molar-refractivity contribution is 6.33. The van der Waals surface area contributed by atoms with Gasteiger partial charge in [-0.2, -0.15) is 5.10 Å². The molecule has 0 atom stereocenters. The molecule has 1 saturated heterocycles. The van der Waals surface area contributed by atoms with Gasteiger partial charge < -0.3 is 4.90 Å². The fraction of sp³-hybridized carbons (Fsp3) is 0.444. The molecule has 0 N–H and O–H groups in total. The topological polar surface area (TPSA) is 38.1 Å². The third-order valence-corrected chi connectivity index (χ3v) is 5.42. The predicted molar refractivity (Wildman–Crippen MR) is 90.5 cm³/mol. The van der Waals surface area contributed by atoms with Gasteiger partial charge in [-0.3, -0.25) is 9.48 Å². The van der Waals surface area contributed by atoms with Crippen LogP contribution in [0.1, 0.15) is 36.0 Å². The first kappa shape index (κ1) is 14.8. The van der Waals surface area contributed by atoms with Crippen LogP contribution in [0.5, 0.6) is 0 Å². The van der Waals surface area contributed by atoms with Crippen molar-refractivity contribution >= 4 is 17.5 Å². The van der Waals surface area contributed by atoms with E-state index in [0.717, 1.165) is 25.1 Å². The lowest BCUT2D eigenvalue weighted by atomic mass is 9.94. The molecule has 1 spiro atoms. The van der Waals surface area contributed by atoms with Crippen LogP contribution in [0.4, 0.5) is 0 Å². The number of benzene rings is 1. The number of rotatable bonds is 2. The van der Waals surface area contributed by atoms with Crippen LogP contribution in [0.3, 0.4) is 0 Å². The van der Waals surface area contributed by atoms with Crippen LogP contribution in [0.25, 0.3) is 11.3 Å². The first-order valence-corrected chi connectivity index (χ1v) is 8.54. The summed E-state index contributed by atoms with van der Waals surface area (Å²) in [5, 5.41) is 5.12. The maximum absolute atomic E-state index is 13.1. The number of amides is 1. The molecule has 0 unspecified atom stereocenters. The Morgan fingerprint density at radius 3 is 2.78 bits per heavy atom. The SMILES string of the molecule is Cn1cc(C(=O)N2CCCC3(CC3)C2)c(-c2ccccc2Cl)n1. The summed E-state index contributed by atoms with van der Waals surface area (Å²) in [6.07, 6.45) is 6.71. The Morgan fingerprint density at radius 2 is 2.04 bits per heavy atom. The Kier molecular flexibility index (Phi) is 3.45. The largest absolute Gasteiger partial charge is 0.338 e. The predicted octanol–water partition coefficient (Wildman–Crippen LogP) is 3.76. The number of carbonyl (C=O) groups excluding carboxylic acids is 1. The molecule has 1 aromatic carbocycles. The molecule has 4 nitrogen and oxygen atoms in total. The first-order chi connectivity index (χ1) is 11.1. The van der Waals surface area contributed by atoms with E-state index in [1.165, 1.54) is 19.3 Å². The Hall–Kier alpha value is -1.81. The van der Waals surface area contributed by atoms with Gasteiger partial charge in [0, 0.05) is 31.9 Å². The standard InChI is InChI=1S/C18H20ClN3O/c1-21-11-14(16(20-21)13-5-2-3-6-15(13)19)17(23)22-10-4-7-18(12-22)8-9-18/h2-3,5-6,11H,4,7-10,12H2,1H3. The number of carbonyl (C=O) groups is 1. The van der Waals surface area contributed by atoms with Gasteiger partial charge in [0.05, 0.1) is 10.6 Å². The number of piperidine rings is 1. The summed E-state index contributed by atoms with van der Waals surface area (Å²) in [5.74, 6) is 0.0824. The highest BCUT2D eigenvalue weighted by Gasteiger charge is 2.46. The van der Waals surface area contributed by atoms with E-state index in [2.05, 4.69) is 5.10 Å². The molecule has 1 aliphatic heterocycles. The molecule has 120 valence electrons. The summed E-state index contributed by atoms with van der Waals surface area (Å²) in [6, 6.07) is 7.56. The fourth-order valence-corrected chi connectivity index (χ4v) is 3.86. The summed E-state index contributed by atoms with van der Waals surface area (Å²) < 4.78 is 1.70. The van der Waals surface area contributed by atoms with Gasteiger partial charge >= 0.3 is 0 Å². The van der Waals surface area contributed by atoms with Crippen LogP contribution in [-0.4, -0.2) is 33.7 Å². The fourth-order valence-electron chi connectivity index (χ4n) is 3.63. The van der Waals surface area contributed by atoms with Crippen LogP contribution in [-0.2, 0) is 7.05 Å². The molecule has 2 fully saturated rings. The van der Waals surface area contributed by atoms with Crippen LogP contribution in [0.2, 0.25) is 5.02 Å². The summed E-state index contributed by atoms with van der Waals surface area (Å²) >= 11 is 6.31. The third kappa shape index (κ3) is 2.65. The number of aryl methyl sites for hydroxylation is 1. The molecule has 23 heavy (non-hydrogen) atoms. The van der Waals surface area contributed by atoms with Crippen molar-refractivity contribution in [3.63, 3.8) is 0 Å². The highest BCUT2D eigenvalue weighted by atomic mass is 35.5. The van der Waals surface area contributed by atoms with Gasteiger partial charge in [-0.05, 0) is 37.2 Å². The van der Waals surface area contributed by atoms with Crippen LogP contribution < -0.4 is 0 Å². The zero-order chi connectivity index (χ0) is 16.0. The molecular weight excluding hydrogens is 310 g/mol. The minimum Gasteiger partial charge on any atom is -0.338 e. The van der Waals surface area contributed by atoms with Crippen LogP contribution in [0.15, 0.2) is 30.5 Å². The monoisotopic (exact) mass is 329 g/mol. The van der Waals surface area contributed by atoms with Gasteiger partial charge in [-0.25, -0.2) is 0 Å². The summed E-state index contributed by atoms with van der Waals surface area (Å²) in [7, 11) is 1.84. The van der Waals surface area contributed by atoms with Crippen molar-refractivity contribution in [1.29, 1.82) is 0 Å². The van der Waals surface area contributed by atoms with Crippen molar-refractivity contribution < 1.29 is 4.79 Å². The minimum atomic E-state index is 0.0824. The maximum Gasteiger partial charge on any atom is 0.257 e. The average molecular weight is 330 g/mol. The van der Waals surface area contributed by atoms with Gasteiger partial charge in [0.25, 0.3) is 5.91 Å². The van der Waals surface area contributed by atoms with E-state index in [1.807, 2.05) is 42.4 Å². The van der Waals surface area contributed by atoms with Crippen molar-refractivity contribution in [3.05, 3.63) is 41.0 Å². The first-order valence-electron chi connectivity index (χ1n) is 8.16. The van der Waals surface area contributed by atoms with Gasteiger partial charge in [-0.15, -0.1) is 0 Å². The number of hydrogen-bond donors (Lipinski definition) is 0. The molecule has 1 amide bonds. The Morgan fingerprint density at radius 1 is 1.26 bits per heavy atom. The van der Waals surface area contributed by atoms with E-state index in [-0.39, 0.29) is 5.91 Å². The highest BCUT2D eigenvalue weighted by Crippen LogP contribution is 2.52. The van der Waals surface area contributed by atoms with E-state index in [0.29, 0.717) is 21.7 Å². The second-order valence-corrected chi connectivity index (χ2v) is 7.28. The molecule has 5 heteroatoms. The number of halogens is 1. The normalized spacial score (nSPS) is 19.1. The number of aromatic nitrogens is 2. The van der Waals surface area contributed by atoms with Gasteiger partial charge in [0.2, 0.25) is 0 Å². The van der Waals surface area contributed by atoms with E-state index in [1.54, 1.807) is 4.68 Å². The molecule has 1 aliphatic carbocycles. The number of likely N-dealkylation sites (tertiary alicyclic amines) is 1. The molecule has 1 saturated carbocycles. The molecule has 2 aliphatic rings. The van der Waals surface area contributed by atoms with Crippen molar-refractivity contribution in [2.75, 3.05) is 13.1 Å². The van der Waals surface area contributed by atoms with E-state index < -0.39 is 0 Å². The second kappa shape index (κ2) is 5.38. The van der Waals surface area contributed by atoms with Crippen molar-refractivity contribution in [2.45, 2.75) is 25.7 Å². The molecule has 0 bridgehead atoms. The smallest absolute Gasteiger partial charge is 0.257 e. The third-order valence-electron chi connectivity index (χ3n) is 5.09. The molecule has 2 aromatic rings. The summed E-state index contributed by atoms with van der Waals surface area (Å²) in [4.78, 5) is 15.1. The average Bonchev–Trinajstić information content (AvgIpc) is 3.17. The van der Waals surface area contributed by atoms with Crippen molar-refractivity contribution in [2.24, 2.45) is 12.5 Å². The Labute approximate surface area is 141 Å². The van der Waals surface area contributed by atoms with E-state index in [9.17, 15) is 4.79 Å². The zero-order valence-electron chi connectivity index (χ0n) is 13.3. The lowest BCUT2D eigenvalue weighted by Gasteiger charge is -2.33. The molecule has 0 radical (unpaired) electrons. The van der Waals surface area contributed by atoms with Crippen LogP contribution in [0, 0.1) is 5.41 Å². The minimum absolute atomic E-state index is 0.0824. The molecule has 4 rings (SSSR count).